The Morgan fingerprint density at radius 3 is 2.71 bits per heavy atom. The van der Waals surface area contributed by atoms with Gasteiger partial charge >= 0.3 is 6.18 Å². The number of aryl methyl sites for hydroxylation is 1. The van der Waals surface area contributed by atoms with Gasteiger partial charge < -0.3 is 4.98 Å². The number of carbonyl (C=O) groups is 1. The molecule has 0 fully saturated rings. The third-order valence-electron chi connectivity index (χ3n) is 3.54. The molecule has 10 heteroatoms. The lowest BCUT2D eigenvalue weighted by molar-refractivity contribution is -0.137. The van der Waals surface area contributed by atoms with E-state index >= 15 is 0 Å². The summed E-state index contributed by atoms with van der Waals surface area (Å²) in [6.07, 6.45) is -3.47. The number of fused-ring (bicyclic) bond motifs is 3. The number of H-pyrrole nitrogens is 1. The average molecular weight is 338 g/mol. The number of aromatic nitrogens is 3. The third-order valence-corrected chi connectivity index (χ3v) is 3.54. The van der Waals surface area contributed by atoms with Crippen LogP contribution < -0.4 is 5.56 Å². The Hall–Kier alpha value is -3.04. The molecule has 2 heterocycles. The topological polar surface area (TPSA) is 96.7 Å². The highest BCUT2D eigenvalue weighted by Gasteiger charge is 2.30. The van der Waals surface area contributed by atoms with Gasteiger partial charge in [-0.05, 0) is 18.2 Å². The summed E-state index contributed by atoms with van der Waals surface area (Å²) >= 11 is 0. The van der Waals surface area contributed by atoms with E-state index < -0.39 is 23.2 Å². The Labute approximate surface area is 131 Å². The highest BCUT2D eigenvalue weighted by molar-refractivity contribution is 5.79. The number of imidazole rings is 1. The van der Waals surface area contributed by atoms with Crippen molar-refractivity contribution in [1.82, 2.24) is 14.4 Å². The summed E-state index contributed by atoms with van der Waals surface area (Å²) in [5, 5.41) is 2.27. The number of nitroso groups, excluding NO2 is 1. The van der Waals surface area contributed by atoms with Crippen LogP contribution >= 0.6 is 0 Å². The van der Waals surface area contributed by atoms with E-state index in [2.05, 4.69) is 15.1 Å². The van der Waals surface area contributed by atoms with Crippen LogP contribution in [0.5, 0.6) is 0 Å². The number of aromatic amines is 1. The van der Waals surface area contributed by atoms with E-state index in [1.807, 2.05) is 0 Å². The SMILES string of the molecule is O=NC(=O)CCc1ncc2c(=O)[nH]c3cc(C(F)(F)F)ccc3n12. The second-order valence-electron chi connectivity index (χ2n) is 5.06. The van der Waals surface area contributed by atoms with Crippen LogP contribution in [0.2, 0.25) is 0 Å². The minimum Gasteiger partial charge on any atom is -0.319 e. The van der Waals surface area contributed by atoms with E-state index in [4.69, 9.17) is 0 Å². The van der Waals surface area contributed by atoms with Gasteiger partial charge in [-0.2, -0.15) is 13.2 Å². The van der Waals surface area contributed by atoms with Crippen LogP contribution in [0.25, 0.3) is 16.6 Å². The lowest BCUT2D eigenvalue weighted by Crippen LogP contribution is -2.13. The molecule has 7 nitrogen and oxygen atoms in total. The number of nitrogens with one attached hydrogen (secondary N) is 1. The summed E-state index contributed by atoms with van der Waals surface area (Å²) in [4.78, 5) is 39.6. The summed E-state index contributed by atoms with van der Waals surface area (Å²) in [5.41, 5.74) is -1.09. The number of hydrogen-bond acceptors (Lipinski definition) is 4. The molecule has 0 saturated carbocycles. The first-order chi connectivity index (χ1) is 11.3. The molecule has 0 spiro atoms. The molecule has 0 atom stereocenters. The van der Waals surface area contributed by atoms with Gasteiger partial charge in [0.05, 0.1) is 22.8 Å². The highest BCUT2D eigenvalue weighted by Crippen LogP contribution is 2.31. The van der Waals surface area contributed by atoms with E-state index in [0.29, 0.717) is 5.52 Å². The van der Waals surface area contributed by atoms with E-state index in [1.54, 1.807) is 0 Å². The van der Waals surface area contributed by atoms with Crippen LogP contribution in [0.1, 0.15) is 17.8 Å². The number of halogens is 3. The molecule has 1 amide bonds. The fourth-order valence-electron chi connectivity index (χ4n) is 2.45. The molecule has 0 unspecified atom stereocenters. The van der Waals surface area contributed by atoms with Crippen LogP contribution in [-0.4, -0.2) is 20.3 Å². The molecule has 3 rings (SSSR count). The minimum atomic E-state index is -4.54. The van der Waals surface area contributed by atoms with Crippen molar-refractivity contribution in [2.75, 3.05) is 0 Å². The van der Waals surface area contributed by atoms with Crippen LogP contribution in [-0.2, 0) is 17.4 Å². The normalized spacial score (nSPS) is 12.0. The molecule has 0 saturated heterocycles. The molecule has 0 aliphatic rings. The van der Waals surface area contributed by atoms with Gasteiger partial charge in [-0.3, -0.25) is 14.0 Å². The molecule has 0 radical (unpaired) electrons. The zero-order valence-electron chi connectivity index (χ0n) is 11.9. The molecule has 2 aromatic heterocycles. The zero-order chi connectivity index (χ0) is 17.5. The molecule has 3 aromatic rings. The Kier molecular flexibility index (Phi) is 3.66. The molecule has 24 heavy (non-hydrogen) atoms. The molecule has 0 bridgehead atoms. The van der Waals surface area contributed by atoms with Gasteiger partial charge in [0.2, 0.25) is 0 Å². The molecular formula is C14H9F3N4O3. The second kappa shape index (κ2) is 5.55. The van der Waals surface area contributed by atoms with E-state index in [1.165, 1.54) is 16.7 Å². The van der Waals surface area contributed by atoms with Gasteiger partial charge in [-0.1, -0.05) is 0 Å². The van der Waals surface area contributed by atoms with Gasteiger partial charge in [-0.15, -0.1) is 4.91 Å². The predicted octanol–water partition coefficient (Wildman–Crippen LogP) is 2.42. The third kappa shape index (κ3) is 2.66. The quantitative estimate of drug-likeness (QED) is 0.742. The Morgan fingerprint density at radius 2 is 2.04 bits per heavy atom. The number of rotatable bonds is 3. The van der Waals surface area contributed by atoms with Gasteiger partial charge in [0.1, 0.15) is 11.3 Å². The number of alkyl halides is 3. The zero-order valence-corrected chi connectivity index (χ0v) is 11.9. The molecule has 1 N–H and O–H groups in total. The summed E-state index contributed by atoms with van der Waals surface area (Å²) in [7, 11) is 0. The second-order valence-corrected chi connectivity index (χ2v) is 5.06. The van der Waals surface area contributed by atoms with Crippen molar-refractivity contribution in [3.8, 4) is 0 Å². The summed E-state index contributed by atoms with van der Waals surface area (Å²) in [5.74, 6) is -0.599. The van der Waals surface area contributed by atoms with Gasteiger partial charge in [0.25, 0.3) is 11.5 Å². The minimum absolute atomic E-state index is 0.0126. The van der Waals surface area contributed by atoms with Crippen molar-refractivity contribution in [3.63, 3.8) is 0 Å². The van der Waals surface area contributed by atoms with Gasteiger partial charge in [0.15, 0.2) is 0 Å². The first kappa shape index (κ1) is 15.8. The number of nitrogens with zero attached hydrogens (tertiary/aromatic N) is 3. The molecule has 0 aliphatic heterocycles. The standard InChI is InChI=1S/C14H9F3N4O3/c15-14(16,17)7-1-2-9-8(5-7)19-13(23)10-6-18-11(21(9)10)3-4-12(22)20-24/h1-2,5-6H,3-4H2,(H,19,23). The van der Waals surface area contributed by atoms with Crippen molar-refractivity contribution < 1.29 is 18.0 Å². The van der Waals surface area contributed by atoms with Crippen molar-refractivity contribution >= 4 is 22.5 Å². The van der Waals surface area contributed by atoms with E-state index in [0.717, 1.165) is 12.1 Å². The maximum Gasteiger partial charge on any atom is 0.416 e. The van der Waals surface area contributed by atoms with Crippen molar-refractivity contribution in [3.05, 3.63) is 51.0 Å². The fourth-order valence-corrected chi connectivity index (χ4v) is 2.45. The molecule has 0 aliphatic carbocycles. The molecule has 124 valence electrons. The van der Waals surface area contributed by atoms with E-state index in [9.17, 15) is 27.7 Å². The average Bonchev–Trinajstić information content (AvgIpc) is 2.96. The monoisotopic (exact) mass is 338 g/mol. The van der Waals surface area contributed by atoms with Crippen LogP contribution in [0.4, 0.5) is 13.2 Å². The first-order valence-electron chi connectivity index (χ1n) is 6.77. The summed E-state index contributed by atoms with van der Waals surface area (Å²) in [6.45, 7) is 0. The maximum absolute atomic E-state index is 12.8. The van der Waals surface area contributed by atoms with Crippen LogP contribution in [0, 0.1) is 4.91 Å². The highest BCUT2D eigenvalue weighted by atomic mass is 19.4. The van der Waals surface area contributed by atoms with Gasteiger partial charge in [-0.25, -0.2) is 4.98 Å². The number of amides is 1. The maximum atomic E-state index is 12.8. The summed E-state index contributed by atoms with van der Waals surface area (Å²) < 4.78 is 39.8. The number of carbonyl (C=O) groups excluding carboxylic acids is 1. The van der Waals surface area contributed by atoms with Crippen LogP contribution in [0.15, 0.2) is 34.4 Å². The number of hydrogen-bond donors (Lipinski definition) is 1. The smallest absolute Gasteiger partial charge is 0.319 e. The summed E-state index contributed by atoms with van der Waals surface area (Å²) in [6, 6.07) is 2.94. The Bertz CT molecular complexity index is 1020. The molecular weight excluding hydrogens is 329 g/mol. The Morgan fingerprint density at radius 1 is 1.29 bits per heavy atom. The van der Waals surface area contributed by atoms with Crippen molar-refractivity contribution in [1.29, 1.82) is 0 Å². The van der Waals surface area contributed by atoms with E-state index in [-0.39, 0.29) is 29.7 Å². The first-order valence-corrected chi connectivity index (χ1v) is 6.77. The van der Waals surface area contributed by atoms with Crippen molar-refractivity contribution in [2.24, 2.45) is 5.18 Å². The Balaban J connectivity index is 2.21. The largest absolute Gasteiger partial charge is 0.416 e. The number of benzene rings is 1. The van der Waals surface area contributed by atoms with Crippen LogP contribution in [0.3, 0.4) is 0 Å². The van der Waals surface area contributed by atoms with Crippen molar-refractivity contribution in [2.45, 2.75) is 19.0 Å². The lowest BCUT2D eigenvalue weighted by Gasteiger charge is -2.09. The van der Waals surface area contributed by atoms with Gasteiger partial charge in [0, 0.05) is 18.0 Å². The fraction of sp³-hybridized carbons (Fsp3) is 0.214. The lowest BCUT2D eigenvalue weighted by atomic mass is 10.2. The predicted molar refractivity (Wildman–Crippen MR) is 77.4 cm³/mol. The molecule has 1 aromatic carbocycles.